The molecule has 0 bridgehead atoms. The van der Waals surface area contributed by atoms with Crippen molar-refractivity contribution in [3.05, 3.63) is 69.6 Å². The van der Waals surface area contributed by atoms with E-state index in [1.54, 1.807) is 12.5 Å². The summed E-state index contributed by atoms with van der Waals surface area (Å²) in [5, 5.41) is 13.5. The third-order valence-corrected chi connectivity index (χ3v) is 6.25. The van der Waals surface area contributed by atoms with E-state index >= 15 is 0 Å². The Morgan fingerprint density at radius 3 is 2.57 bits per heavy atom. The topological polar surface area (TPSA) is 97.8 Å². The number of benzene rings is 2. The van der Waals surface area contributed by atoms with Crippen LogP contribution >= 0.6 is 11.3 Å². The summed E-state index contributed by atoms with van der Waals surface area (Å²) >= 11 is 1.15. The van der Waals surface area contributed by atoms with Gasteiger partial charge in [0.2, 0.25) is 0 Å². The first kappa shape index (κ1) is 27.9. The van der Waals surface area contributed by atoms with Crippen LogP contribution in [0.25, 0.3) is 17.3 Å². The van der Waals surface area contributed by atoms with Gasteiger partial charge in [0.1, 0.15) is 17.4 Å². The molecular weight excluding hydrogens is 502 g/mol. The third kappa shape index (κ3) is 7.21. The molecule has 7 nitrogen and oxygen atoms in total. The van der Waals surface area contributed by atoms with Crippen molar-refractivity contribution in [1.29, 1.82) is 0 Å². The first-order chi connectivity index (χ1) is 17.7. The molecule has 2 aromatic carbocycles. The number of halogens is 2. The maximum absolute atomic E-state index is 14.4. The van der Waals surface area contributed by atoms with Crippen molar-refractivity contribution >= 4 is 34.4 Å². The van der Waals surface area contributed by atoms with Crippen molar-refractivity contribution in [2.45, 2.75) is 39.7 Å². The molecule has 10 heteroatoms. The van der Waals surface area contributed by atoms with E-state index < -0.39 is 29.1 Å². The van der Waals surface area contributed by atoms with E-state index in [1.807, 2.05) is 18.2 Å². The van der Waals surface area contributed by atoms with E-state index in [1.165, 1.54) is 6.92 Å². The molecule has 1 heterocycles. The Kier molecular flexibility index (Phi) is 9.87. The highest BCUT2D eigenvalue weighted by Crippen LogP contribution is 2.35. The van der Waals surface area contributed by atoms with Crippen LogP contribution in [0.1, 0.15) is 54.6 Å². The van der Waals surface area contributed by atoms with Gasteiger partial charge in [0.15, 0.2) is 5.13 Å². The minimum absolute atomic E-state index is 0.231. The predicted octanol–water partition coefficient (Wildman–Crippen LogP) is 6.54. The number of nitrogens with one attached hydrogen (secondary N) is 1. The van der Waals surface area contributed by atoms with Crippen molar-refractivity contribution in [3.63, 3.8) is 0 Å². The first-order valence-electron chi connectivity index (χ1n) is 11.7. The molecule has 1 aromatic heterocycles. The van der Waals surface area contributed by atoms with E-state index in [-0.39, 0.29) is 16.3 Å². The number of carbonyl (C=O) groups is 2. The number of hydrogen-bond donors (Lipinski definition) is 2. The average Bonchev–Trinajstić information content (AvgIpc) is 3.33. The second-order valence-corrected chi connectivity index (χ2v) is 9.09. The van der Waals surface area contributed by atoms with Crippen LogP contribution in [0.5, 0.6) is 5.75 Å². The number of ether oxygens (including phenoxy) is 2. The van der Waals surface area contributed by atoms with Crippen LogP contribution in [0.2, 0.25) is 0 Å². The Labute approximate surface area is 217 Å². The lowest BCUT2D eigenvalue weighted by atomic mass is 10.1. The van der Waals surface area contributed by atoms with Crippen molar-refractivity contribution < 1.29 is 33.0 Å². The molecule has 0 unspecified atom stereocenters. The van der Waals surface area contributed by atoms with Gasteiger partial charge in [-0.15, -0.1) is 11.3 Å². The van der Waals surface area contributed by atoms with Crippen LogP contribution < -0.4 is 10.1 Å². The van der Waals surface area contributed by atoms with Crippen LogP contribution in [0.4, 0.5) is 13.9 Å². The summed E-state index contributed by atoms with van der Waals surface area (Å²) in [6.45, 7) is 4.40. The number of carboxylic acids is 1. The van der Waals surface area contributed by atoms with Gasteiger partial charge in [0.25, 0.3) is 5.91 Å². The minimum Gasteiger partial charge on any atom is -0.496 e. The number of aromatic nitrogens is 1. The number of methoxy groups -OCH3 is 1. The SMILES string of the molecule is CCCCCOCc1cccc(-c2csc(NC(=O)c3cc(F)c(C=C(C)C(=O)O)c(F)c3)n2)c1OC. The number of carboxylic acid groups (broad SMARTS) is 1. The zero-order chi connectivity index (χ0) is 26.9. The molecule has 3 rings (SSSR count). The van der Waals surface area contributed by atoms with Gasteiger partial charge in [-0.2, -0.15) is 0 Å². The van der Waals surface area contributed by atoms with Crippen LogP contribution in [0.15, 0.2) is 41.3 Å². The largest absolute Gasteiger partial charge is 0.496 e. The van der Waals surface area contributed by atoms with Gasteiger partial charge in [0, 0.05) is 39.8 Å². The van der Waals surface area contributed by atoms with Gasteiger partial charge in [-0.3, -0.25) is 10.1 Å². The van der Waals surface area contributed by atoms with Gasteiger partial charge < -0.3 is 14.6 Å². The van der Waals surface area contributed by atoms with Gasteiger partial charge in [0.05, 0.1) is 19.4 Å². The average molecular weight is 531 g/mol. The highest BCUT2D eigenvalue weighted by Gasteiger charge is 2.18. The monoisotopic (exact) mass is 530 g/mol. The van der Waals surface area contributed by atoms with E-state index in [0.717, 1.165) is 59.9 Å². The second kappa shape index (κ2) is 13.1. The summed E-state index contributed by atoms with van der Waals surface area (Å²) in [4.78, 5) is 28.0. The summed E-state index contributed by atoms with van der Waals surface area (Å²) in [5.74, 6) is -3.55. The standard InChI is InChI=1S/C27H28F2N2O5S/c1-4-5-6-10-36-14-17-8-7-9-19(24(17)35-3)23-15-37-27(30-23)31-25(32)18-12-21(28)20(22(29)13-18)11-16(2)26(33)34/h7-9,11-13,15H,4-6,10,14H2,1-3H3,(H,33,34)(H,30,31,32). The zero-order valence-corrected chi connectivity index (χ0v) is 21.6. The Bertz CT molecular complexity index is 1280. The van der Waals surface area contributed by atoms with Crippen LogP contribution in [-0.4, -0.2) is 35.7 Å². The summed E-state index contributed by atoms with van der Waals surface area (Å²) < 4.78 is 40.3. The number of aliphatic carboxylic acids is 1. The molecule has 0 atom stereocenters. The summed E-state index contributed by atoms with van der Waals surface area (Å²) in [6.07, 6.45) is 4.08. The van der Waals surface area contributed by atoms with Gasteiger partial charge in [-0.25, -0.2) is 18.6 Å². The number of amides is 1. The number of unbranched alkanes of at least 4 members (excludes halogenated alkanes) is 2. The van der Waals surface area contributed by atoms with Crippen molar-refractivity contribution in [2.24, 2.45) is 0 Å². The highest BCUT2D eigenvalue weighted by atomic mass is 32.1. The van der Waals surface area contributed by atoms with Gasteiger partial charge >= 0.3 is 5.97 Å². The Morgan fingerprint density at radius 2 is 1.92 bits per heavy atom. The fourth-order valence-electron chi connectivity index (χ4n) is 3.53. The number of carbonyl (C=O) groups excluding carboxylic acids is 1. The molecule has 37 heavy (non-hydrogen) atoms. The molecule has 1 amide bonds. The maximum Gasteiger partial charge on any atom is 0.331 e. The maximum atomic E-state index is 14.4. The zero-order valence-electron chi connectivity index (χ0n) is 20.8. The summed E-state index contributed by atoms with van der Waals surface area (Å²) in [7, 11) is 1.56. The highest BCUT2D eigenvalue weighted by molar-refractivity contribution is 7.14. The first-order valence-corrected chi connectivity index (χ1v) is 12.5. The van der Waals surface area contributed by atoms with E-state index in [0.29, 0.717) is 24.7 Å². The van der Waals surface area contributed by atoms with Crippen LogP contribution in [-0.2, 0) is 16.1 Å². The molecular formula is C27H28F2N2O5S. The molecule has 0 fully saturated rings. The molecule has 196 valence electrons. The Morgan fingerprint density at radius 1 is 1.19 bits per heavy atom. The minimum atomic E-state index is -1.30. The molecule has 0 aliphatic heterocycles. The fourth-order valence-corrected chi connectivity index (χ4v) is 4.24. The Balaban J connectivity index is 1.76. The molecule has 3 aromatic rings. The second-order valence-electron chi connectivity index (χ2n) is 8.24. The number of hydrogen-bond acceptors (Lipinski definition) is 6. The van der Waals surface area contributed by atoms with E-state index in [9.17, 15) is 18.4 Å². The third-order valence-electron chi connectivity index (χ3n) is 5.49. The molecule has 0 saturated carbocycles. The number of para-hydroxylation sites is 1. The number of anilines is 1. The molecule has 0 saturated heterocycles. The lowest BCUT2D eigenvalue weighted by Crippen LogP contribution is -2.13. The van der Waals surface area contributed by atoms with E-state index in [2.05, 4.69) is 17.2 Å². The lowest BCUT2D eigenvalue weighted by Gasteiger charge is -2.13. The number of nitrogens with zero attached hydrogens (tertiary/aromatic N) is 1. The fraction of sp³-hybridized carbons (Fsp3) is 0.296. The predicted molar refractivity (Wildman–Crippen MR) is 139 cm³/mol. The smallest absolute Gasteiger partial charge is 0.331 e. The van der Waals surface area contributed by atoms with Gasteiger partial charge in [-0.1, -0.05) is 31.9 Å². The lowest BCUT2D eigenvalue weighted by molar-refractivity contribution is -0.132. The number of rotatable bonds is 12. The molecule has 0 spiro atoms. The quantitative estimate of drug-likeness (QED) is 0.204. The van der Waals surface area contributed by atoms with Crippen molar-refractivity contribution in [3.8, 4) is 17.0 Å². The van der Waals surface area contributed by atoms with Crippen molar-refractivity contribution in [1.82, 2.24) is 4.98 Å². The summed E-state index contributed by atoms with van der Waals surface area (Å²) in [6, 6.07) is 7.32. The van der Waals surface area contributed by atoms with Crippen LogP contribution in [0.3, 0.4) is 0 Å². The van der Waals surface area contributed by atoms with Crippen molar-refractivity contribution in [2.75, 3.05) is 19.0 Å². The molecule has 0 aliphatic rings. The summed E-state index contributed by atoms with van der Waals surface area (Å²) in [5.41, 5.74) is 1.11. The normalized spacial score (nSPS) is 11.4. The Hall–Kier alpha value is -3.63. The molecule has 0 aliphatic carbocycles. The molecule has 0 radical (unpaired) electrons. The van der Waals surface area contributed by atoms with Crippen LogP contribution in [0, 0.1) is 11.6 Å². The number of thiazole rings is 1. The van der Waals surface area contributed by atoms with E-state index in [4.69, 9.17) is 14.6 Å². The molecule has 2 N–H and O–H groups in total. The van der Waals surface area contributed by atoms with Gasteiger partial charge in [-0.05, 0) is 37.6 Å².